The maximum atomic E-state index is 12.3. The quantitative estimate of drug-likeness (QED) is 0.339. The molecule has 2 N–H and O–H groups in total. The highest BCUT2D eigenvalue weighted by Gasteiger charge is 2.22. The lowest BCUT2D eigenvalue weighted by Crippen LogP contribution is -2.32. The molecule has 6 nitrogen and oxygen atoms in total. The Morgan fingerprint density at radius 2 is 2.11 bits per heavy atom. The second kappa shape index (κ2) is 10.0. The average molecular weight is 509 g/mol. The van der Waals surface area contributed by atoms with E-state index < -0.39 is 5.91 Å². The molecule has 2 atom stereocenters. The molecule has 1 aliphatic heterocycles. The first-order valence-corrected chi connectivity index (χ1v) is 13.1. The third-order valence-corrected chi connectivity index (χ3v) is 8.13. The zero-order chi connectivity index (χ0) is 24.5. The highest BCUT2D eigenvalue weighted by atomic mass is 35.5. The molecule has 1 saturated heterocycles. The molecule has 0 saturated carbocycles. The molecule has 5 rings (SSSR count). The van der Waals surface area contributed by atoms with Gasteiger partial charge in [-0.2, -0.15) is 0 Å². The molecule has 0 bridgehead atoms. The van der Waals surface area contributed by atoms with E-state index in [1.807, 2.05) is 41.8 Å². The average Bonchev–Trinajstić information content (AvgIpc) is 3.43. The number of carbonyl (C=O) groups excluding carboxylic acids is 1. The minimum atomic E-state index is -0.519. The first kappa shape index (κ1) is 23.9. The van der Waals surface area contributed by atoms with E-state index in [1.54, 1.807) is 6.33 Å². The molecule has 35 heavy (non-hydrogen) atoms. The van der Waals surface area contributed by atoms with E-state index in [0.717, 1.165) is 34.6 Å². The zero-order valence-electron chi connectivity index (χ0n) is 19.9. The Kier molecular flexibility index (Phi) is 6.82. The summed E-state index contributed by atoms with van der Waals surface area (Å²) >= 11 is 7.66. The number of primary amides is 1. The summed E-state index contributed by atoms with van der Waals surface area (Å²) in [6.45, 7) is 4.22. The molecule has 1 fully saturated rings. The molecule has 182 valence electrons. The summed E-state index contributed by atoms with van der Waals surface area (Å²) in [4.78, 5) is 19.6. The van der Waals surface area contributed by atoms with E-state index in [1.165, 1.54) is 36.3 Å². The fourth-order valence-corrected chi connectivity index (χ4v) is 6.14. The van der Waals surface area contributed by atoms with E-state index in [0.29, 0.717) is 21.6 Å². The van der Waals surface area contributed by atoms with Crippen LogP contribution in [0.2, 0.25) is 5.02 Å². The van der Waals surface area contributed by atoms with Gasteiger partial charge in [0, 0.05) is 23.2 Å². The summed E-state index contributed by atoms with van der Waals surface area (Å²) in [6.07, 6.45) is 5.01. The lowest BCUT2D eigenvalue weighted by molar-refractivity contribution is 0.0998. The number of halogens is 1. The Hall–Kier alpha value is -2.87. The number of likely N-dealkylation sites (tertiary alicyclic amines) is 1. The molecular formula is C27H29ClN4O2S. The zero-order valence-corrected chi connectivity index (χ0v) is 21.5. The number of nitrogens with zero attached hydrogens (tertiary/aromatic N) is 3. The van der Waals surface area contributed by atoms with Crippen molar-refractivity contribution < 1.29 is 9.53 Å². The van der Waals surface area contributed by atoms with E-state index in [4.69, 9.17) is 22.1 Å². The van der Waals surface area contributed by atoms with Crippen LogP contribution in [0.3, 0.4) is 0 Å². The van der Waals surface area contributed by atoms with Crippen LogP contribution in [0.1, 0.15) is 46.7 Å². The lowest BCUT2D eigenvalue weighted by atomic mass is 9.91. The molecule has 0 aliphatic carbocycles. The van der Waals surface area contributed by atoms with Gasteiger partial charge in [0.15, 0.2) is 0 Å². The summed E-state index contributed by atoms with van der Waals surface area (Å²) in [5, 5.41) is 1.45. The van der Waals surface area contributed by atoms with E-state index in [9.17, 15) is 4.79 Å². The Labute approximate surface area is 214 Å². The number of piperidine rings is 1. The van der Waals surface area contributed by atoms with Gasteiger partial charge in [0.25, 0.3) is 5.91 Å². The van der Waals surface area contributed by atoms with Crippen molar-refractivity contribution in [2.24, 2.45) is 11.7 Å². The van der Waals surface area contributed by atoms with Crippen LogP contribution in [0, 0.1) is 5.92 Å². The van der Waals surface area contributed by atoms with Crippen LogP contribution >= 0.6 is 22.9 Å². The number of amides is 1. The standard InChI is InChI=1S/C27H29ClN4O2S/c1-17(20-7-3-4-8-21(20)28)34-24-14-25(35-26(24)27(29)33)32-16-30-22-10-9-18(13-23(22)32)12-19-6-5-11-31(2)15-19/h3-4,7-10,13-14,16-17,19H,5-6,11-12,15H2,1-2H3,(H2,29,33)/t17?,19-/m0/s1. The molecule has 4 aromatic rings. The van der Waals surface area contributed by atoms with Gasteiger partial charge >= 0.3 is 0 Å². The minimum absolute atomic E-state index is 0.344. The number of nitrogens with two attached hydrogens (primary N) is 1. The van der Waals surface area contributed by atoms with Crippen molar-refractivity contribution in [1.82, 2.24) is 14.5 Å². The van der Waals surface area contributed by atoms with Gasteiger partial charge in [-0.05, 0) is 69.5 Å². The smallest absolute Gasteiger partial charge is 0.262 e. The van der Waals surface area contributed by atoms with Gasteiger partial charge < -0.3 is 15.4 Å². The fourth-order valence-electron chi connectivity index (χ4n) is 4.93. The maximum Gasteiger partial charge on any atom is 0.262 e. The van der Waals surface area contributed by atoms with E-state index >= 15 is 0 Å². The number of ether oxygens (including phenoxy) is 1. The second-order valence-electron chi connectivity index (χ2n) is 9.34. The van der Waals surface area contributed by atoms with Gasteiger partial charge in [0.1, 0.15) is 28.1 Å². The Morgan fingerprint density at radius 1 is 1.29 bits per heavy atom. The van der Waals surface area contributed by atoms with Gasteiger partial charge in [-0.1, -0.05) is 35.9 Å². The molecular weight excluding hydrogens is 480 g/mol. The van der Waals surface area contributed by atoms with Crippen LogP contribution in [-0.2, 0) is 6.42 Å². The van der Waals surface area contributed by atoms with Crippen molar-refractivity contribution in [3.8, 4) is 10.8 Å². The van der Waals surface area contributed by atoms with Crippen LogP contribution in [0.5, 0.6) is 5.75 Å². The maximum absolute atomic E-state index is 12.3. The van der Waals surface area contributed by atoms with Crippen molar-refractivity contribution in [3.63, 3.8) is 0 Å². The summed E-state index contributed by atoms with van der Waals surface area (Å²) in [7, 11) is 2.20. The van der Waals surface area contributed by atoms with Crippen molar-refractivity contribution in [3.05, 3.63) is 75.9 Å². The largest absolute Gasteiger partial charge is 0.484 e. The number of benzene rings is 2. The number of fused-ring (bicyclic) bond motifs is 1. The second-order valence-corrected chi connectivity index (χ2v) is 10.8. The Morgan fingerprint density at radius 3 is 2.89 bits per heavy atom. The number of hydrogen-bond acceptors (Lipinski definition) is 5. The predicted octanol–water partition coefficient (Wildman–Crippen LogP) is 5.86. The van der Waals surface area contributed by atoms with Crippen LogP contribution in [0.15, 0.2) is 54.9 Å². The molecule has 0 radical (unpaired) electrons. The lowest BCUT2D eigenvalue weighted by Gasteiger charge is -2.29. The molecule has 0 spiro atoms. The van der Waals surface area contributed by atoms with Crippen LogP contribution < -0.4 is 10.5 Å². The molecule has 1 aliphatic rings. The van der Waals surface area contributed by atoms with Crippen molar-refractivity contribution in [2.45, 2.75) is 32.3 Å². The van der Waals surface area contributed by atoms with Crippen molar-refractivity contribution in [1.29, 1.82) is 0 Å². The summed E-state index contributed by atoms with van der Waals surface area (Å²) < 4.78 is 8.20. The number of imidazole rings is 1. The Balaban J connectivity index is 1.45. The number of carbonyl (C=O) groups is 1. The van der Waals surface area contributed by atoms with Crippen LogP contribution in [0.4, 0.5) is 0 Å². The van der Waals surface area contributed by atoms with E-state index in [-0.39, 0.29) is 6.10 Å². The third kappa shape index (κ3) is 5.08. The number of thiophene rings is 1. The molecule has 2 aromatic carbocycles. The SMILES string of the molecule is CC(Oc1cc(-n2cnc3ccc(C[C@@H]4CCCN(C)C4)cc32)sc1C(N)=O)c1ccccc1Cl. The monoisotopic (exact) mass is 508 g/mol. The number of aromatic nitrogens is 2. The molecule has 8 heteroatoms. The fraction of sp³-hybridized carbons (Fsp3) is 0.333. The molecule has 1 unspecified atom stereocenters. The first-order valence-electron chi connectivity index (χ1n) is 11.9. The minimum Gasteiger partial charge on any atom is -0.484 e. The normalized spacial score (nSPS) is 17.5. The molecule has 3 heterocycles. The van der Waals surface area contributed by atoms with E-state index in [2.05, 4.69) is 35.1 Å². The van der Waals surface area contributed by atoms with Crippen LogP contribution in [-0.4, -0.2) is 40.5 Å². The first-order chi connectivity index (χ1) is 16.9. The number of hydrogen-bond donors (Lipinski definition) is 1. The third-order valence-electron chi connectivity index (χ3n) is 6.65. The van der Waals surface area contributed by atoms with Crippen LogP contribution in [0.25, 0.3) is 16.0 Å². The summed E-state index contributed by atoms with van der Waals surface area (Å²) in [5.41, 5.74) is 9.79. The number of rotatable bonds is 7. The van der Waals surface area contributed by atoms with Gasteiger partial charge in [0.2, 0.25) is 0 Å². The molecule has 1 amide bonds. The van der Waals surface area contributed by atoms with Crippen molar-refractivity contribution >= 4 is 39.9 Å². The van der Waals surface area contributed by atoms with Crippen molar-refractivity contribution in [2.75, 3.05) is 20.1 Å². The van der Waals surface area contributed by atoms with Gasteiger partial charge in [-0.15, -0.1) is 11.3 Å². The van der Waals surface area contributed by atoms with Gasteiger partial charge in [-0.25, -0.2) is 4.98 Å². The predicted molar refractivity (Wildman–Crippen MR) is 142 cm³/mol. The summed E-state index contributed by atoms with van der Waals surface area (Å²) in [6, 6.07) is 15.9. The summed E-state index contributed by atoms with van der Waals surface area (Å²) in [5.74, 6) is 0.597. The van der Waals surface area contributed by atoms with Gasteiger partial charge in [-0.3, -0.25) is 9.36 Å². The van der Waals surface area contributed by atoms with Gasteiger partial charge in [0.05, 0.1) is 11.0 Å². The topological polar surface area (TPSA) is 73.4 Å². The Bertz CT molecular complexity index is 1360. The molecule has 2 aromatic heterocycles. The highest BCUT2D eigenvalue weighted by molar-refractivity contribution is 7.16. The highest BCUT2D eigenvalue weighted by Crippen LogP contribution is 2.37.